The number of rotatable bonds is 4. The normalized spacial score (nSPS) is 12.3. The zero-order valence-corrected chi connectivity index (χ0v) is 7.70. The van der Waals surface area contributed by atoms with Crippen molar-refractivity contribution in [3.8, 4) is 0 Å². The van der Waals surface area contributed by atoms with Crippen LogP contribution in [0.1, 0.15) is 13.8 Å². The first-order chi connectivity index (χ1) is 5.93. The van der Waals surface area contributed by atoms with Gasteiger partial charge in [0.25, 0.3) is 0 Å². The van der Waals surface area contributed by atoms with Crippen LogP contribution in [0, 0.1) is 0 Å². The summed E-state index contributed by atoms with van der Waals surface area (Å²) >= 11 is 0. The van der Waals surface area contributed by atoms with E-state index in [4.69, 9.17) is 10.8 Å². The minimum Gasteiger partial charge on any atom is -0.480 e. The van der Waals surface area contributed by atoms with Gasteiger partial charge in [-0.25, -0.2) is 4.79 Å². The van der Waals surface area contributed by atoms with Gasteiger partial charge < -0.3 is 21.5 Å². The van der Waals surface area contributed by atoms with E-state index >= 15 is 0 Å². The van der Waals surface area contributed by atoms with E-state index in [0.717, 1.165) is 0 Å². The summed E-state index contributed by atoms with van der Waals surface area (Å²) in [6.07, 6.45) is 0. The first kappa shape index (κ1) is 11.7. The number of carbonyl (C=O) groups is 2. The summed E-state index contributed by atoms with van der Waals surface area (Å²) in [5, 5.41) is 13.3. The summed E-state index contributed by atoms with van der Waals surface area (Å²) in [4.78, 5) is 21.1. The maximum absolute atomic E-state index is 10.9. The molecule has 0 aliphatic heterocycles. The number of hydrogen-bond acceptors (Lipinski definition) is 3. The highest BCUT2D eigenvalue weighted by Gasteiger charge is 2.12. The molecule has 6 nitrogen and oxygen atoms in total. The first-order valence-electron chi connectivity index (χ1n) is 3.96. The van der Waals surface area contributed by atoms with Crippen LogP contribution in [0.25, 0.3) is 0 Å². The number of carbonyl (C=O) groups excluding carboxylic acids is 1. The lowest BCUT2D eigenvalue weighted by atomic mass is 10.3. The van der Waals surface area contributed by atoms with Crippen LogP contribution in [0.4, 0.5) is 4.79 Å². The molecule has 0 unspecified atom stereocenters. The van der Waals surface area contributed by atoms with Crippen molar-refractivity contribution in [1.29, 1.82) is 0 Å². The summed E-state index contributed by atoms with van der Waals surface area (Å²) in [5.74, 6) is -1.13. The topological polar surface area (TPSA) is 104 Å². The highest BCUT2D eigenvalue weighted by Crippen LogP contribution is 1.78. The Bertz CT molecular complexity index is 193. The SMILES string of the molecule is CC(C)NC(=O)NC[C@H](N)C(=O)O. The Labute approximate surface area is 76.5 Å². The van der Waals surface area contributed by atoms with Crippen molar-refractivity contribution in [3.63, 3.8) is 0 Å². The summed E-state index contributed by atoms with van der Waals surface area (Å²) < 4.78 is 0. The van der Waals surface area contributed by atoms with Crippen LogP contribution in [-0.2, 0) is 4.79 Å². The van der Waals surface area contributed by atoms with Crippen LogP contribution in [0.5, 0.6) is 0 Å². The lowest BCUT2D eigenvalue weighted by molar-refractivity contribution is -0.138. The minimum absolute atomic E-state index is 0.0149. The van der Waals surface area contributed by atoms with Gasteiger partial charge in [0, 0.05) is 12.6 Å². The average molecular weight is 189 g/mol. The Balaban J connectivity index is 3.64. The van der Waals surface area contributed by atoms with Crippen molar-refractivity contribution < 1.29 is 14.7 Å². The standard InChI is InChI=1S/C7H15N3O3/c1-4(2)10-7(13)9-3-5(8)6(11)12/h4-5H,3,8H2,1-2H3,(H,11,12)(H2,9,10,13)/t5-/m0/s1. The van der Waals surface area contributed by atoms with Gasteiger partial charge in [0.2, 0.25) is 0 Å². The van der Waals surface area contributed by atoms with Gasteiger partial charge in [-0.05, 0) is 13.8 Å². The highest BCUT2D eigenvalue weighted by molar-refractivity contribution is 5.77. The first-order valence-corrected chi connectivity index (χ1v) is 3.96. The zero-order chi connectivity index (χ0) is 10.4. The van der Waals surface area contributed by atoms with Crippen molar-refractivity contribution in [2.24, 2.45) is 5.73 Å². The number of amides is 2. The Morgan fingerprint density at radius 1 is 1.46 bits per heavy atom. The molecule has 0 aromatic heterocycles. The van der Waals surface area contributed by atoms with E-state index in [1.54, 1.807) is 13.8 Å². The number of nitrogens with two attached hydrogens (primary N) is 1. The molecule has 0 radical (unpaired) electrons. The van der Waals surface area contributed by atoms with Gasteiger partial charge >= 0.3 is 12.0 Å². The third-order valence-corrected chi connectivity index (χ3v) is 1.22. The van der Waals surface area contributed by atoms with Gasteiger partial charge in [0.1, 0.15) is 6.04 Å². The van der Waals surface area contributed by atoms with E-state index in [2.05, 4.69) is 10.6 Å². The molecule has 0 bridgehead atoms. The maximum atomic E-state index is 10.9. The largest absolute Gasteiger partial charge is 0.480 e. The molecule has 0 heterocycles. The van der Waals surface area contributed by atoms with Crippen LogP contribution in [-0.4, -0.2) is 35.7 Å². The minimum atomic E-state index is -1.13. The quantitative estimate of drug-likeness (QED) is 0.460. The smallest absolute Gasteiger partial charge is 0.322 e. The fourth-order valence-electron chi connectivity index (χ4n) is 0.603. The second kappa shape index (κ2) is 5.36. The summed E-state index contributed by atoms with van der Waals surface area (Å²) in [6, 6.07) is -1.45. The monoisotopic (exact) mass is 189 g/mol. The molecule has 2 amide bonds. The fourth-order valence-corrected chi connectivity index (χ4v) is 0.603. The van der Waals surface area contributed by atoms with Crippen molar-refractivity contribution >= 4 is 12.0 Å². The molecule has 0 spiro atoms. The van der Waals surface area contributed by atoms with Gasteiger partial charge in [-0.3, -0.25) is 4.79 Å². The number of carboxylic acid groups (broad SMARTS) is 1. The van der Waals surface area contributed by atoms with Gasteiger partial charge in [-0.2, -0.15) is 0 Å². The lowest BCUT2D eigenvalue weighted by Gasteiger charge is -2.11. The molecule has 0 saturated carbocycles. The molecule has 1 atom stereocenters. The molecular weight excluding hydrogens is 174 g/mol. The van der Waals surface area contributed by atoms with E-state index in [0.29, 0.717) is 0 Å². The van der Waals surface area contributed by atoms with Crippen LogP contribution in [0.2, 0.25) is 0 Å². The van der Waals surface area contributed by atoms with Crippen LogP contribution in [0.15, 0.2) is 0 Å². The second-order valence-electron chi connectivity index (χ2n) is 2.95. The Morgan fingerprint density at radius 3 is 2.38 bits per heavy atom. The number of urea groups is 1. The Morgan fingerprint density at radius 2 is 2.00 bits per heavy atom. The van der Waals surface area contributed by atoms with E-state index in [9.17, 15) is 9.59 Å². The van der Waals surface area contributed by atoms with Gasteiger partial charge in [-0.1, -0.05) is 0 Å². The van der Waals surface area contributed by atoms with E-state index in [1.807, 2.05) is 0 Å². The predicted molar refractivity (Wildman–Crippen MR) is 47.3 cm³/mol. The highest BCUT2D eigenvalue weighted by atomic mass is 16.4. The second-order valence-corrected chi connectivity index (χ2v) is 2.95. The number of hydrogen-bond donors (Lipinski definition) is 4. The van der Waals surface area contributed by atoms with Gasteiger partial charge in [-0.15, -0.1) is 0 Å². The molecular formula is C7H15N3O3. The van der Waals surface area contributed by atoms with Crippen LogP contribution in [0.3, 0.4) is 0 Å². The van der Waals surface area contributed by atoms with Crippen LogP contribution < -0.4 is 16.4 Å². The third-order valence-electron chi connectivity index (χ3n) is 1.22. The molecule has 0 rings (SSSR count). The summed E-state index contributed by atoms with van der Waals surface area (Å²) in [7, 11) is 0. The van der Waals surface area contributed by atoms with Crippen molar-refractivity contribution in [1.82, 2.24) is 10.6 Å². The Hall–Kier alpha value is -1.30. The molecule has 0 aliphatic carbocycles. The van der Waals surface area contributed by atoms with E-state index in [-0.39, 0.29) is 12.6 Å². The fraction of sp³-hybridized carbons (Fsp3) is 0.714. The zero-order valence-electron chi connectivity index (χ0n) is 7.70. The predicted octanol–water partition coefficient (Wildman–Crippen LogP) is -0.894. The van der Waals surface area contributed by atoms with Crippen molar-refractivity contribution in [3.05, 3.63) is 0 Å². The molecule has 0 saturated heterocycles. The molecule has 0 aromatic rings. The van der Waals surface area contributed by atoms with Crippen molar-refractivity contribution in [2.45, 2.75) is 25.9 Å². The summed E-state index contributed by atoms with van der Waals surface area (Å²) in [5.41, 5.74) is 5.15. The van der Waals surface area contributed by atoms with Crippen molar-refractivity contribution in [2.75, 3.05) is 6.54 Å². The van der Waals surface area contributed by atoms with Gasteiger partial charge in [0.15, 0.2) is 0 Å². The number of aliphatic carboxylic acids is 1. The Kier molecular flexibility index (Phi) is 4.83. The summed E-state index contributed by atoms with van der Waals surface area (Å²) in [6.45, 7) is 3.53. The van der Waals surface area contributed by atoms with Crippen LogP contribution >= 0.6 is 0 Å². The lowest BCUT2D eigenvalue weighted by Crippen LogP contribution is -2.47. The molecule has 76 valence electrons. The number of carboxylic acids is 1. The molecule has 0 fully saturated rings. The molecule has 13 heavy (non-hydrogen) atoms. The molecule has 0 aliphatic rings. The van der Waals surface area contributed by atoms with E-state index in [1.165, 1.54) is 0 Å². The molecule has 0 aromatic carbocycles. The molecule has 5 N–H and O–H groups in total. The maximum Gasteiger partial charge on any atom is 0.322 e. The average Bonchev–Trinajstić information content (AvgIpc) is 1.98. The third kappa shape index (κ3) is 5.92. The number of nitrogens with one attached hydrogen (secondary N) is 2. The van der Waals surface area contributed by atoms with E-state index < -0.39 is 18.0 Å². The van der Waals surface area contributed by atoms with Gasteiger partial charge in [0.05, 0.1) is 0 Å². The molecule has 6 heteroatoms.